The molecular formula is C19H18N2O3S2. The van der Waals surface area contributed by atoms with E-state index in [-0.39, 0.29) is 18.1 Å². The molecule has 0 saturated heterocycles. The summed E-state index contributed by atoms with van der Waals surface area (Å²) in [6.45, 7) is 5.60. The molecule has 7 heteroatoms. The molecular weight excluding hydrogens is 368 g/mol. The molecule has 134 valence electrons. The van der Waals surface area contributed by atoms with E-state index in [9.17, 15) is 9.59 Å². The Morgan fingerprint density at radius 3 is 2.69 bits per heavy atom. The lowest BCUT2D eigenvalue weighted by Crippen LogP contribution is -2.16. The minimum Gasteiger partial charge on any atom is -0.457 e. The number of rotatable bonds is 6. The Morgan fingerprint density at radius 2 is 1.88 bits per heavy atom. The Bertz CT molecular complexity index is 982. The number of carbonyl (C=O) groups excluding carboxylic acids is 2. The highest BCUT2D eigenvalue weighted by Crippen LogP contribution is 2.27. The van der Waals surface area contributed by atoms with Crippen molar-refractivity contribution in [3.63, 3.8) is 0 Å². The molecule has 0 aliphatic rings. The molecule has 0 unspecified atom stereocenters. The van der Waals surface area contributed by atoms with Crippen molar-refractivity contribution in [2.24, 2.45) is 0 Å². The van der Waals surface area contributed by atoms with Crippen LogP contribution in [0.2, 0.25) is 0 Å². The standard InChI is InChI=1S/C19H18N2O3S2/c1-11-6-13(3)15(7-12(11)2)16(22)8-24-17(23)9-26-19-14-4-5-25-18(14)20-10-21-19/h4-7,10H,8-9H2,1-3H3. The topological polar surface area (TPSA) is 69.2 Å². The Hall–Kier alpha value is -2.25. The summed E-state index contributed by atoms with van der Waals surface area (Å²) in [6.07, 6.45) is 1.48. The minimum absolute atomic E-state index is 0.0984. The molecule has 2 aromatic heterocycles. The number of ketones is 1. The third-order valence-corrected chi connectivity index (χ3v) is 5.86. The fraction of sp³-hybridized carbons (Fsp3) is 0.263. The van der Waals surface area contributed by atoms with Crippen molar-refractivity contribution in [2.75, 3.05) is 12.4 Å². The van der Waals surface area contributed by atoms with Gasteiger partial charge in [-0.25, -0.2) is 9.97 Å². The van der Waals surface area contributed by atoms with E-state index in [1.165, 1.54) is 29.4 Å². The van der Waals surface area contributed by atoms with Crippen LogP contribution in [0.15, 0.2) is 34.9 Å². The van der Waals surface area contributed by atoms with E-state index in [4.69, 9.17) is 4.74 Å². The van der Waals surface area contributed by atoms with Crippen molar-refractivity contribution in [1.82, 2.24) is 9.97 Å². The molecule has 3 aromatic rings. The third-order valence-electron chi connectivity index (χ3n) is 4.06. The van der Waals surface area contributed by atoms with E-state index < -0.39 is 5.97 Å². The van der Waals surface area contributed by atoms with Crippen LogP contribution in [0.25, 0.3) is 10.2 Å². The second kappa shape index (κ2) is 7.97. The zero-order valence-corrected chi connectivity index (χ0v) is 16.4. The summed E-state index contributed by atoms with van der Waals surface area (Å²) in [6, 6.07) is 5.75. The summed E-state index contributed by atoms with van der Waals surface area (Å²) in [5, 5.41) is 3.61. The minimum atomic E-state index is -0.438. The summed E-state index contributed by atoms with van der Waals surface area (Å²) in [4.78, 5) is 33.6. The summed E-state index contributed by atoms with van der Waals surface area (Å²) in [7, 11) is 0. The first-order valence-electron chi connectivity index (χ1n) is 8.03. The normalized spacial score (nSPS) is 10.9. The Kier molecular flexibility index (Phi) is 5.68. The highest BCUT2D eigenvalue weighted by Gasteiger charge is 2.14. The zero-order valence-electron chi connectivity index (χ0n) is 14.7. The lowest BCUT2D eigenvalue weighted by molar-refractivity contribution is -0.139. The largest absolute Gasteiger partial charge is 0.457 e. The Balaban J connectivity index is 1.56. The predicted octanol–water partition coefficient (Wildman–Crippen LogP) is 4.13. The maximum absolute atomic E-state index is 12.3. The lowest BCUT2D eigenvalue weighted by Gasteiger charge is -2.09. The molecule has 2 heterocycles. The molecule has 26 heavy (non-hydrogen) atoms. The van der Waals surface area contributed by atoms with Crippen molar-refractivity contribution in [3.05, 3.63) is 52.2 Å². The molecule has 5 nitrogen and oxygen atoms in total. The van der Waals surface area contributed by atoms with Gasteiger partial charge in [0.25, 0.3) is 0 Å². The average molecular weight is 386 g/mol. The van der Waals surface area contributed by atoms with Crippen LogP contribution in [0.4, 0.5) is 0 Å². The summed E-state index contributed by atoms with van der Waals surface area (Å²) in [5.41, 5.74) is 3.68. The second-order valence-electron chi connectivity index (χ2n) is 5.94. The first-order chi connectivity index (χ1) is 12.5. The fourth-order valence-electron chi connectivity index (χ4n) is 2.54. The van der Waals surface area contributed by atoms with Crippen molar-refractivity contribution in [3.8, 4) is 0 Å². The zero-order chi connectivity index (χ0) is 18.7. The number of carbonyl (C=O) groups is 2. The van der Waals surface area contributed by atoms with Crippen LogP contribution in [-0.4, -0.2) is 34.1 Å². The SMILES string of the molecule is Cc1cc(C)c(C(=O)COC(=O)CSc2ncnc3sccc23)cc1C. The molecule has 1 aromatic carbocycles. The summed E-state index contributed by atoms with van der Waals surface area (Å²) < 4.78 is 5.15. The van der Waals surface area contributed by atoms with Gasteiger partial charge in [0, 0.05) is 10.9 Å². The number of hydrogen-bond donors (Lipinski definition) is 0. The van der Waals surface area contributed by atoms with E-state index in [1.54, 1.807) is 0 Å². The highest BCUT2D eigenvalue weighted by atomic mass is 32.2. The van der Waals surface area contributed by atoms with Gasteiger partial charge in [-0.3, -0.25) is 9.59 Å². The van der Waals surface area contributed by atoms with Crippen LogP contribution in [0.1, 0.15) is 27.0 Å². The number of thiophene rings is 1. The van der Waals surface area contributed by atoms with Gasteiger partial charge in [-0.2, -0.15) is 0 Å². The third kappa shape index (κ3) is 4.11. The first-order valence-corrected chi connectivity index (χ1v) is 9.90. The van der Waals surface area contributed by atoms with E-state index in [1.807, 2.05) is 44.4 Å². The molecule has 0 aliphatic carbocycles. The molecule has 0 spiro atoms. The highest BCUT2D eigenvalue weighted by molar-refractivity contribution is 8.00. The van der Waals surface area contributed by atoms with Gasteiger partial charge in [-0.05, 0) is 55.0 Å². The van der Waals surface area contributed by atoms with E-state index in [0.717, 1.165) is 31.9 Å². The van der Waals surface area contributed by atoms with Crippen molar-refractivity contribution >= 4 is 45.1 Å². The molecule has 0 aliphatic heterocycles. The number of benzene rings is 1. The Morgan fingerprint density at radius 1 is 1.12 bits per heavy atom. The molecule has 3 rings (SSSR count). The van der Waals surface area contributed by atoms with Gasteiger partial charge < -0.3 is 4.74 Å². The first kappa shape index (κ1) is 18.5. The van der Waals surface area contributed by atoms with Crippen LogP contribution >= 0.6 is 23.1 Å². The van der Waals surface area contributed by atoms with Gasteiger partial charge in [0.2, 0.25) is 5.78 Å². The molecule has 0 saturated carbocycles. The van der Waals surface area contributed by atoms with Gasteiger partial charge in [0.15, 0.2) is 6.61 Å². The van der Waals surface area contributed by atoms with Crippen molar-refractivity contribution in [2.45, 2.75) is 25.8 Å². The smallest absolute Gasteiger partial charge is 0.316 e. The monoisotopic (exact) mass is 386 g/mol. The van der Waals surface area contributed by atoms with E-state index in [0.29, 0.717) is 5.56 Å². The molecule has 0 N–H and O–H groups in total. The van der Waals surface area contributed by atoms with Gasteiger partial charge in [0.1, 0.15) is 16.2 Å². The van der Waals surface area contributed by atoms with Crippen LogP contribution in [0, 0.1) is 20.8 Å². The van der Waals surface area contributed by atoms with Gasteiger partial charge >= 0.3 is 5.97 Å². The van der Waals surface area contributed by atoms with Crippen molar-refractivity contribution in [1.29, 1.82) is 0 Å². The number of fused-ring (bicyclic) bond motifs is 1. The maximum atomic E-state index is 12.3. The van der Waals surface area contributed by atoms with Gasteiger partial charge in [-0.15, -0.1) is 11.3 Å². The molecule has 0 atom stereocenters. The number of ether oxygens (including phenoxy) is 1. The second-order valence-corrected chi connectivity index (χ2v) is 7.80. The maximum Gasteiger partial charge on any atom is 0.316 e. The van der Waals surface area contributed by atoms with E-state index >= 15 is 0 Å². The van der Waals surface area contributed by atoms with Crippen LogP contribution in [0.3, 0.4) is 0 Å². The summed E-state index contributed by atoms with van der Waals surface area (Å²) >= 11 is 2.81. The van der Waals surface area contributed by atoms with Crippen molar-refractivity contribution < 1.29 is 14.3 Å². The summed E-state index contributed by atoms with van der Waals surface area (Å²) in [5.74, 6) is -0.528. The number of thioether (sulfide) groups is 1. The molecule has 0 amide bonds. The fourth-order valence-corrected chi connectivity index (χ4v) is 4.11. The van der Waals surface area contributed by atoms with Crippen LogP contribution in [-0.2, 0) is 9.53 Å². The quantitative estimate of drug-likeness (QED) is 0.275. The van der Waals surface area contributed by atoms with Crippen LogP contribution < -0.4 is 0 Å². The number of esters is 1. The van der Waals surface area contributed by atoms with Gasteiger partial charge in [0.05, 0.1) is 5.75 Å². The number of Topliss-reactive ketones (excluding diaryl/α,β-unsaturated/α-hetero) is 1. The number of hydrogen-bond acceptors (Lipinski definition) is 7. The lowest BCUT2D eigenvalue weighted by atomic mass is 9.98. The van der Waals surface area contributed by atoms with Gasteiger partial charge in [-0.1, -0.05) is 17.8 Å². The molecule has 0 bridgehead atoms. The number of nitrogens with zero attached hydrogens (tertiary/aromatic N) is 2. The number of aryl methyl sites for hydroxylation is 3. The average Bonchev–Trinajstić information content (AvgIpc) is 3.10. The molecule has 0 radical (unpaired) electrons. The van der Waals surface area contributed by atoms with Crippen LogP contribution in [0.5, 0.6) is 0 Å². The number of aromatic nitrogens is 2. The van der Waals surface area contributed by atoms with E-state index in [2.05, 4.69) is 9.97 Å². The Labute approximate surface area is 159 Å². The predicted molar refractivity (Wildman–Crippen MR) is 104 cm³/mol. The molecule has 0 fully saturated rings.